The van der Waals surface area contributed by atoms with Gasteiger partial charge in [0.05, 0.1) is 4.47 Å². The maximum absolute atomic E-state index is 12.6. The third kappa shape index (κ3) is 6.21. The molecule has 0 saturated carbocycles. The van der Waals surface area contributed by atoms with Gasteiger partial charge in [0.15, 0.2) is 0 Å². The van der Waals surface area contributed by atoms with Crippen molar-refractivity contribution in [1.82, 2.24) is 0 Å². The van der Waals surface area contributed by atoms with E-state index < -0.39 is 5.91 Å². The van der Waals surface area contributed by atoms with Crippen LogP contribution in [0.25, 0.3) is 6.08 Å². The molecule has 0 saturated heterocycles. The number of hydrogen-bond acceptors (Lipinski definition) is 3. The van der Waals surface area contributed by atoms with Crippen LogP contribution in [0.2, 0.25) is 5.02 Å². The van der Waals surface area contributed by atoms with Crippen LogP contribution in [0.4, 0.5) is 5.69 Å². The second-order valence-corrected chi connectivity index (χ2v) is 8.34. The van der Waals surface area contributed by atoms with Crippen molar-refractivity contribution < 1.29 is 9.53 Å². The van der Waals surface area contributed by atoms with Crippen molar-refractivity contribution >= 4 is 45.2 Å². The molecule has 31 heavy (non-hydrogen) atoms. The standard InChI is InChI=1S/C25H20BrClN2O2/c1-16-4-3-5-19(10-16)15-31-24-9-7-18(12-22(24)26)11-20(14-28)25(30)29-23-13-21(27)8-6-17(23)2/h3-13H,15H2,1-2H3,(H,29,30)/b20-11+. The highest BCUT2D eigenvalue weighted by Crippen LogP contribution is 2.28. The predicted molar refractivity (Wildman–Crippen MR) is 128 cm³/mol. The molecule has 0 bridgehead atoms. The van der Waals surface area contributed by atoms with Crippen LogP contribution < -0.4 is 10.1 Å². The highest BCUT2D eigenvalue weighted by atomic mass is 79.9. The highest BCUT2D eigenvalue weighted by Gasteiger charge is 2.12. The van der Waals surface area contributed by atoms with Gasteiger partial charge in [-0.3, -0.25) is 4.79 Å². The lowest BCUT2D eigenvalue weighted by molar-refractivity contribution is -0.112. The van der Waals surface area contributed by atoms with E-state index in [1.54, 1.807) is 36.4 Å². The zero-order valence-corrected chi connectivity index (χ0v) is 19.4. The van der Waals surface area contributed by atoms with E-state index in [9.17, 15) is 10.1 Å². The largest absolute Gasteiger partial charge is 0.488 e. The molecule has 0 unspecified atom stereocenters. The molecule has 1 amide bonds. The average Bonchev–Trinajstić information content (AvgIpc) is 2.74. The molecular formula is C25H20BrClN2O2. The summed E-state index contributed by atoms with van der Waals surface area (Å²) in [6, 6.07) is 20.7. The van der Waals surface area contributed by atoms with Gasteiger partial charge in [-0.1, -0.05) is 53.6 Å². The molecule has 3 rings (SSSR count). The maximum Gasteiger partial charge on any atom is 0.266 e. The summed E-state index contributed by atoms with van der Waals surface area (Å²) in [7, 11) is 0. The zero-order chi connectivity index (χ0) is 22.4. The van der Waals surface area contributed by atoms with E-state index in [-0.39, 0.29) is 5.57 Å². The first kappa shape index (κ1) is 22.6. The Morgan fingerprint density at radius 1 is 1.16 bits per heavy atom. The number of benzene rings is 3. The molecule has 156 valence electrons. The van der Waals surface area contributed by atoms with Crippen LogP contribution >= 0.6 is 27.5 Å². The van der Waals surface area contributed by atoms with E-state index in [2.05, 4.69) is 27.3 Å². The molecule has 0 atom stereocenters. The van der Waals surface area contributed by atoms with Gasteiger partial charge < -0.3 is 10.1 Å². The SMILES string of the molecule is Cc1cccc(COc2ccc(/C=C(\C#N)C(=O)Nc3cc(Cl)ccc3C)cc2Br)c1. The van der Waals surface area contributed by atoms with Crippen LogP contribution in [0.1, 0.15) is 22.3 Å². The summed E-state index contributed by atoms with van der Waals surface area (Å²) in [4.78, 5) is 12.6. The Morgan fingerprint density at radius 3 is 2.68 bits per heavy atom. The normalized spacial score (nSPS) is 11.0. The number of nitrogens with zero attached hydrogens (tertiary/aromatic N) is 1. The van der Waals surface area contributed by atoms with Crippen molar-refractivity contribution in [2.75, 3.05) is 5.32 Å². The number of hydrogen-bond donors (Lipinski definition) is 1. The molecule has 0 heterocycles. The first-order valence-electron chi connectivity index (χ1n) is 9.53. The van der Waals surface area contributed by atoms with Crippen LogP contribution in [0.15, 0.2) is 70.7 Å². The monoisotopic (exact) mass is 494 g/mol. The Hall–Kier alpha value is -3.07. The van der Waals surface area contributed by atoms with Crippen molar-refractivity contribution in [2.24, 2.45) is 0 Å². The van der Waals surface area contributed by atoms with Gasteiger partial charge in [0, 0.05) is 10.7 Å². The lowest BCUT2D eigenvalue weighted by Crippen LogP contribution is -2.14. The number of rotatable bonds is 6. The molecule has 3 aromatic carbocycles. The lowest BCUT2D eigenvalue weighted by Gasteiger charge is -2.10. The smallest absolute Gasteiger partial charge is 0.266 e. The predicted octanol–water partition coefficient (Wildman–Crippen LogP) is 6.84. The Bertz CT molecular complexity index is 1200. The number of halogens is 2. The van der Waals surface area contributed by atoms with E-state index >= 15 is 0 Å². The number of nitrogens with one attached hydrogen (secondary N) is 1. The van der Waals surface area contributed by atoms with Gasteiger partial charge in [-0.15, -0.1) is 0 Å². The summed E-state index contributed by atoms with van der Waals surface area (Å²) in [5.41, 5.74) is 4.36. The van der Waals surface area contributed by atoms with E-state index in [0.29, 0.717) is 28.6 Å². The van der Waals surface area contributed by atoms with Crippen LogP contribution in [0.3, 0.4) is 0 Å². The lowest BCUT2D eigenvalue weighted by atomic mass is 10.1. The zero-order valence-electron chi connectivity index (χ0n) is 17.1. The van der Waals surface area contributed by atoms with Crippen molar-refractivity contribution in [3.63, 3.8) is 0 Å². The van der Waals surface area contributed by atoms with E-state index in [1.807, 2.05) is 38.1 Å². The number of anilines is 1. The molecule has 0 fully saturated rings. The van der Waals surface area contributed by atoms with Gasteiger partial charge in [-0.25, -0.2) is 0 Å². The fourth-order valence-electron chi connectivity index (χ4n) is 2.92. The van der Waals surface area contributed by atoms with Gasteiger partial charge in [0.25, 0.3) is 5.91 Å². The Morgan fingerprint density at radius 2 is 1.97 bits per heavy atom. The molecule has 1 N–H and O–H groups in total. The Labute approximate surface area is 195 Å². The highest BCUT2D eigenvalue weighted by molar-refractivity contribution is 9.10. The van der Waals surface area contributed by atoms with Crippen LogP contribution in [0, 0.1) is 25.2 Å². The Balaban J connectivity index is 1.73. The van der Waals surface area contributed by atoms with Gasteiger partial charge in [0.2, 0.25) is 0 Å². The minimum Gasteiger partial charge on any atom is -0.488 e. The van der Waals surface area contributed by atoms with Crippen LogP contribution in [-0.2, 0) is 11.4 Å². The molecule has 0 radical (unpaired) electrons. The van der Waals surface area contributed by atoms with Crippen molar-refractivity contribution in [2.45, 2.75) is 20.5 Å². The second-order valence-electron chi connectivity index (χ2n) is 7.05. The number of ether oxygens (including phenoxy) is 1. The summed E-state index contributed by atoms with van der Waals surface area (Å²) in [6.07, 6.45) is 1.53. The van der Waals surface area contributed by atoms with Crippen LogP contribution in [0.5, 0.6) is 5.75 Å². The topological polar surface area (TPSA) is 62.1 Å². The third-order valence-electron chi connectivity index (χ3n) is 4.56. The van der Waals surface area contributed by atoms with Crippen LogP contribution in [-0.4, -0.2) is 5.91 Å². The summed E-state index contributed by atoms with van der Waals surface area (Å²) in [5.74, 6) is 0.180. The molecule has 0 spiro atoms. The fraction of sp³-hybridized carbons (Fsp3) is 0.120. The molecule has 6 heteroatoms. The van der Waals surface area contributed by atoms with Crippen molar-refractivity contribution in [3.05, 3.63) is 98.0 Å². The van der Waals surface area contributed by atoms with Gasteiger partial charge >= 0.3 is 0 Å². The van der Waals surface area contributed by atoms with Gasteiger partial charge in [-0.2, -0.15) is 5.26 Å². The first-order chi connectivity index (χ1) is 14.9. The van der Waals surface area contributed by atoms with Crippen molar-refractivity contribution in [1.29, 1.82) is 5.26 Å². The molecule has 0 aromatic heterocycles. The average molecular weight is 496 g/mol. The molecule has 0 aliphatic rings. The summed E-state index contributed by atoms with van der Waals surface area (Å²) in [6.45, 7) is 4.34. The fourth-order valence-corrected chi connectivity index (χ4v) is 3.60. The molecule has 3 aromatic rings. The minimum absolute atomic E-state index is 0.0142. The number of amides is 1. The van der Waals surface area contributed by atoms with E-state index in [4.69, 9.17) is 16.3 Å². The molecule has 0 aliphatic carbocycles. The van der Waals surface area contributed by atoms with Gasteiger partial charge in [-0.05, 0) is 76.8 Å². The van der Waals surface area contributed by atoms with Gasteiger partial charge in [0.1, 0.15) is 24.0 Å². The quantitative estimate of drug-likeness (QED) is 0.301. The number of aryl methyl sites for hydroxylation is 2. The van der Waals surface area contributed by atoms with E-state index in [0.717, 1.165) is 15.6 Å². The molecular weight excluding hydrogens is 476 g/mol. The first-order valence-corrected chi connectivity index (χ1v) is 10.7. The second kappa shape index (κ2) is 10.3. The number of carbonyl (C=O) groups is 1. The molecule has 4 nitrogen and oxygen atoms in total. The summed E-state index contributed by atoms with van der Waals surface area (Å²) < 4.78 is 6.62. The van der Waals surface area contributed by atoms with Crippen molar-refractivity contribution in [3.8, 4) is 11.8 Å². The molecule has 0 aliphatic heterocycles. The summed E-state index contributed by atoms with van der Waals surface area (Å²) in [5, 5.41) is 12.7. The maximum atomic E-state index is 12.6. The van der Waals surface area contributed by atoms with E-state index in [1.165, 1.54) is 11.6 Å². The number of carbonyl (C=O) groups excluding carboxylic acids is 1. The third-order valence-corrected chi connectivity index (χ3v) is 5.41. The Kier molecular flexibility index (Phi) is 7.51. The summed E-state index contributed by atoms with van der Waals surface area (Å²) >= 11 is 9.50. The number of nitriles is 1. The minimum atomic E-state index is -0.497.